The van der Waals surface area contributed by atoms with Crippen LogP contribution in [0.2, 0.25) is 0 Å². The smallest absolute Gasteiger partial charge is 0.250 e. The molecule has 2 aliphatic rings. The van der Waals surface area contributed by atoms with Gasteiger partial charge in [-0.15, -0.1) is 11.8 Å². The number of hydrogen-bond acceptors (Lipinski definition) is 6. The van der Waals surface area contributed by atoms with E-state index in [0.717, 1.165) is 5.56 Å². The van der Waals surface area contributed by atoms with Gasteiger partial charge in [-0.05, 0) is 12.5 Å². The van der Waals surface area contributed by atoms with Gasteiger partial charge in [-0.2, -0.15) is 5.26 Å². The summed E-state index contributed by atoms with van der Waals surface area (Å²) >= 11 is 1.37. The molecule has 0 aliphatic carbocycles. The van der Waals surface area contributed by atoms with Crippen molar-refractivity contribution in [1.82, 2.24) is 10.2 Å². The molecule has 6 nitrogen and oxygen atoms in total. The van der Waals surface area contributed by atoms with Crippen LogP contribution in [-0.2, 0) is 4.79 Å². The summed E-state index contributed by atoms with van der Waals surface area (Å²) in [6, 6.07) is 11.5. The molecule has 0 saturated carbocycles. The van der Waals surface area contributed by atoms with Gasteiger partial charge in [0.25, 0.3) is 5.91 Å². The normalized spacial score (nSPS) is 26.2. The van der Waals surface area contributed by atoms with Crippen LogP contribution < -0.4 is 11.1 Å². The number of rotatable bonds is 2. The Morgan fingerprint density at radius 3 is 2.75 bits per heavy atom. The van der Waals surface area contributed by atoms with Gasteiger partial charge in [-0.3, -0.25) is 9.69 Å². The number of benzene rings is 1. The minimum Gasteiger partial charge on any atom is -0.384 e. The van der Waals surface area contributed by atoms with Gasteiger partial charge in [0.05, 0.1) is 28.2 Å². The predicted molar refractivity (Wildman–Crippen MR) is 92.0 cm³/mol. The standard InChI is InChI=1S/C17H18N4O2S/c1-17(23)9-24-16-13(15(22)20-2)12(10-6-4-3-5-7-10)11(8-18)14(19)21(16)17/h3-7,12,23H,9,19H2,1-2H3,(H,20,22)/t12?,17-/m1/s1. The highest BCUT2D eigenvalue weighted by atomic mass is 32.2. The molecule has 24 heavy (non-hydrogen) atoms. The molecule has 0 aromatic heterocycles. The fraction of sp³-hybridized carbons (Fsp3) is 0.294. The number of nitriles is 1. The van der Waals surface area contributed by atoms with Gasteiger partial charge in [0, 0.05) is 12.8 Å². The fourth-order valence-electron chi connectivity index (χ4n) is 3.12. The molecule has 1 amide bonds. The average Bonchev–Trinajstić information content (AvgIpc) is 2.90. The molecule has 1 aromatic carbocycles. The van der Waals surface area contributed by atoms with Crippen molar-refractivity contribution in [1.29, 1.82) is 5.26 Å². The second-order valence-electron chi connectivity index (χ2n) is 5.89. The maximum atomic E-state index is 12.6. The zero-order chi connectivity index (χ0) is 17.5. The summed E-state index contributed by atoms with van der Waals surface area (Å²) in [6.45, 7) is 1.62. The lowest BCUT2D eigenvalue weighted by Crippen LogP contribution is -2.47. The summed E-state index contributed by atoms with van der Waals surface area (Å²) in [5.41, 5.74) is 6.51. The Hall–Kier alpha value is -2.43. The second-order valence-corrected chi connectivity index (χ2v) is 6.86. The van der Waals surface area contributed by atoms with E-state index in [1.165, 1.54) is 16.7 Å². The number of allylic oxidation sites excluding steroid dienone is 1. The first kappa shape index (κ1) is 16.4. The maximum absolute atomic E-state index is 12.6. The Labute approximate surface area is 144 Å². The number of nitrogens with two attached hydrogens (primary N) is 1. The van der Waals surface area contributed by atoms with Crippen molar-refractivity contribution < 1.29 is 9.90 Å². The summed E-state index contributed by atoms with van der Waals surface area (Å²) in [5, 5.41) is 23.6. The molecule has 3 rings (SSSR count). The van der Waals surface area contributed by atoms with Crippen LogP contribution in [0.4, 0.5) is 0 Å². The van der Waals surface area contributed by atoms with Gasteiger partial charge in [-0.1, -0.05) is 30.3 Å². The molecular formula is C17H18N4O2S. The monoisotopic (exact) mass is 342 g/mol. The maximum Gasteiger partial charge on any atom is 0.250 e. The van der Waals surface area contributed by atoms with Gasteiger partial charge in [-0.25, -0.2) is 0 Å². The summed E-state index contributed by atoms with van der Waals surface area (Å²) in [7, 11) is 1.55. The van der Waals surface area contributed by atoms with Crippen LogP contribution in [0.1, 0.15) is 18.4 Å². The number of aliphatic hydroxyl groups is 1. The Morgan fingerprint density at radius 2 is 2.17 bits per heavy atom. The van der Waals surface area contributed by atoms with Crippen molar-refractivity contribution in [3.8, 4) is 6.07 Å². The Balaban J connectivity index is 2.29. The second kappa shape index (κ2) is 5.89. The molecule has 7 heteroatoms. The molecule has 0 bridgehead atoms. The summed E-state index contributed by atoms with van der Waals surface area (Å²) in [4.78, 5) is 14.1. The van der Waals surface area contributed by atoms with E-state index >= 15 is 0 Å². The Kier molecular flexibility index (Phi) is 4.03. The quantitative estimate of drug-likeness (QED) is 0.746. The lowest BCUT2D eigenvalue weighted by atomic mass is 9.82. The van der Waals surface area contributed by atoms with Crippen LogP contribution in [0.5, 0.6) is 0 Å². The number of nitrogens with zero attached hydrogens (tertiary/aromatic N) is 2. The zero-order valence-corrected chi connectivity index (χ0v) is 14.2. The van der Waals surface area contributed by atoms with Crippen LogP contribution in [-0.4, -0.2) is 34.4 Å². The third kappa shape index (κ3) is 2.35. The van der Waals surface area contributed by atoms with Crippen LogP contribution >= 0.6 is 11.8 Å². The summed E-state index contributed by atoms with van der Waals surface area (Å²) in [6.07, 6.45) is 0. The third-order valence-electron chi connectivity index (χ3n) is 4.22. The van der Waals surface area contributed by atoms with Crippen molar-refractivity contribution in [2.24, 2.45) is 5.73 Å². The van der Waals surface area contributed by atoms with Crippen LogP contribution in [0.15, 0.2) is 52.3 Å². The highest BCUT2D eigenvalue weighted by Gasteiger charge is 2.48. The Bertz CT molecular complexity index is 793. The van der Waals surface area contributed by atoms with E-state index in [1.54, 1.807) is 14.0 Å². The first-order valence-electron chi connectivity index (χ1n) is 7.48. The highest BCUT2D eigenvalue weighted by Crippen LogP contribution is 2.50. The molecule has 0 radical (unpaired) electrons. The largest absolute Gasteiger partial charge is 0.384 e. The van der Waals surface area contributed by atoms with E-state index in [-0.39, 0.29) is 17.3 Å². The van der Waals surface area contributed by atoms with E-state index in [1.807, 2.05) is 30.3 Å². The van der Waals surface area contributed by atoms with Gasteiger partial charge in [0.2, 0.25) is 0 Å². The molecule has 2 heterocycles. The average molecular weight is 342 g/mol. The third-order valence-corrected chi connectivity index (χ3v) is 5.58. The lowest BCUT2D eigenvalue weighted by Gasteiger charge is -2.38. The molecule has 4 N–H and O–H groups in total. The van der Waals surface area contributed by atoms with E-state index in [2.05, 4.69) is 11.4 Å². The SMILES string of the molecule is CNC(=O)C1=C2SC[C@@](C)(O)N2C(N)=C(C#N)C1c1ccccc1. The molecule has 1 unspecified atom stereocenters. The topological polar surface area (TPSA) is 102 Å². The number of carbonyl (C=O) groups excluding carboxylic acids is 1. The van der Waals surface area contributed by atoms with Crippen molar-refractivity contribution in [2.75, 3.05) is 12.8 Å². The number of carbonyl (C=O) groups is 1. The summed E-state index contributed by atoms with van der Waals surface area (Å²) in [5.74, 6) is -0.272. The zero-order valence-electron chi connectivity index (χ0n) is 13.4. The number of amides is 1. The van der Waals surface area contributed by atoms with Crippen molar-refractivity contribution >= 4 is 17.7 Å². The molecule has 1 aromatic rings. The van der Waals surface area contributed by atoms with Gasteiger partial charge >= 0.3 is 0 Å². The Morgan fingerprint density at radius 1 is 1.50 bits per heavy atom. The fourth-order valence-corrected chi connectivity index (χ4v) is 4.45. The lowest BCUT2D eigenvalue weighted by molar-refractivity contribution is -0.117. The molecule has 2 aliphatic heterocycles. The number of hydrogen-bond donors (Lipinski definition) is 3. The highest BCUT2D eigenvalue weighted by molar-refractivity contribution is 8.03. The number of thioether (sulfide) groups is 1. The van der Waals surface area contributed by atoms with Crippen molar-refractivity contribution in [2.45, 2.75) is 18.6 Å². The minimum absolute atomic E-state index is 0.198. The van der Waals surface area contributed by atoms with E-state index in [4.69, 9.17) is 5.73 Å². The predicted octanol–water partition coefficient (Wildman–Crippen LogP) is 1.19. The number of nitrogens with one attached hydrogen (secondary N) is 1. The first-order chi connectivity index (χ1) is 11.4. The molecule has 2 atom stereocenters. The number of likely N-dealkylation sites (N-methyl/N-ethyl adjacent to an activating group) is 1. The van der Waals surface area contributed by atoms with E-state index in [9.17, 15) is 15.2 Å². The molecule has 124 valence electrons. The van der Waals surface area contributed by atoms with E-state index in [0.29, 0.717) is 16.4 Å². The van der Waals surface area contributed by atoms with Crippen molar-refractivity contribution in [3.05, 3.63) is 57.9 Å². The molecule has 1 saturated heterocycles. The van der Waals surface area contributed by atoms with Gasteiger partial charge < -0.3 is 16.2 Å². The van der Waals surface area contributed by atoms with Crippen molar-refractivity contribution in [3.63, 3.8) is 0 Å². The van der Waals surface area contributed by atoms with Gasteiger partial charge in [0.1, 0.15) is 5.82 Å². The summed E-state index contributed by atoms with van der Waals surface area (Å²) < 4.78 is 0. The molecular weight excluding hydrogens is 324 g/mol. The van der Waals surface area contributed by atoms with Gasteiger partial charge in [0.15, 0.2) is 5.72 Å². The van der Waals surface area contributed by atoms with Crippen LogP contribution in [0.25, 0.3) is 0 Å². The van der Waals surface area contributed by atoms with E-state index < -0.39 is 11.6 Å². The molecule has 0 spiro atoms. The molecule has 1 fully saturated rings. The van der Waals surface area contributed by atoms with Crippen LogP contribution in [0, 0.1) is 11.3 Å². The first-order valence-corrected chi connectivity index (χ1v) is 8.47. The minimum atomic E-state index is -1.24. The van der Waals surface area contributed by atoms with Crippen LogP contribution in [0.3, 0.4) is 0 Å². The number of fused-ring (bicyclic) bond motifs is 1.